The Morgan fingerprint density at radius 3 is 0.839 bits per heavy atom. The molecule has 0 bridgehead atoms. The summed E-state index contributed by atoms with van der Waals surface area (Å²) in [5.41, 5.74) is 19.3. The van der Waals surface area contributed by atoms with E-state index in [4.69, 9.17) is 0 Å². The van der Waals surface area contributed by atoms with Crippen molar-refractivity contribution in [1.82, 2.24) is 0 Å². The summed E-state index contributed by atoms with van der Waals surface area (Å²) in [6.07, 6.45) is 0. The molecule has 0 amide bonds. The molecule has 3 aliphatic heterocycles. The summed E-state index contributed by atoms with van der Waals surface area (Å²) < 4.78 is 0. The van der Waals surface area contributed by atoms with E-state index in [-0.39, 0.29) is 28.1 Å². The number of hydrogen-bond acceptors (Lipinski definition) is 4. The molecule has 10 rings (SSSR count). The second-order valence-electron chi connectivity index (χ2n) is 19.7. The minimum atomic E-state index is -0.289. The predicted octanol–water partition coefficient (Wildman–Crippen LogP) is 16.1. The van der Waals surface area contributed by atoms with E-state index in [1.54, 1.807) is 0 Å². The largest absolute Gasteiger partial charge is 0.308 e. The van der Waals surface area contributed by atoms with Gasteiger partial charge in [0.1, 0.15) is 11.6 Å². The highest BCUT2D eigenvalue weighted by Gasteiger charge is 2.46. The lowest BCUT2D eigenvalue weighted by atomic mass is 9.71. The zero-order valence-electron chi connectivity index (χ0n) is 37.8. The van der Waals surface area contributed by atoms with E-state index in [1.807, 2.05) is 0 Å². The third-order valence-electron chi connectivity index (χ3n) is 14.3. The number of rotatable bonds is 5. The second kappa shape index (κ2) is 14.0. The van der Waals surface area contributed by atoms with Crippen LogP contribution in [0, 0.1) is 11.3 Å². The first-order valence-corrected chi connectivity index (χ1v) is 22.3. The van der Waals surface area contributed by atoms with Gasteiger partial charge in [0.25, 0.3) is 0 Å². The van der Waals surface area contributed by atoms with Gasteiger partial charge in [0, 0.05) is 16.2 Å². The highest BCUT2D eigenvalue weighted by molar-refractivity contribution is 6.05. The van der Waals surface area contributed by atoms with Gasteiger partial charge in [0.15, 0.2) is 0 Å². The summed E-state index contributed by atoms with van der Waals surface area (Å²) in [6.45, 7) is 23.4. The van der Waals surface area contributed by atoms with Gasteiger partial charge in [0.2, 0.25) is 0 Å². The maximum Gasteiger partial charge on any atom is 0.104 e. The Kier molecular flexibility index (Phi) is 8.92. The van der Waals surface area contributed by atoms with Crippen LogP contribution in [0.4, 0.5) is 51.2 Å². The van der Waals surface area contributed by atoms with Gasteiger partial charge in [-0.05, 0) is 92.7 Å². The fourth-order valence-electron chi connectivity index (χ4n) is 11.4. The summed E-state index contributed by atoms with van der Waals surface area (Å²) in [5, 5.41) is 12.4. The van der Waals surface area contributed by atoms with Crippen molar-refractivity contribution in [3.05, 3.63) is 196 Å². The second-order valence-corrected chi connectivity index (χ2v) is 19.7. The Bertz CT molecular complexity index is 2840. The fourth-order valence-corrected chi connectivity index (χ4v) is 11.4. The third-order valence-corrected chi connectivity index (χ3v) is 14.3. The van der Waals surface area contributed by atoms with Crippen molar-refractivity contribution in [2.75, 3.05) is 14.7 Å². The van der Waals surface area contributed by atoms with Crippen molar-refractivity contribution >= 4 is 51.2 Å². The number of fused-ring (bicyclic) bond motifs is 6. The summed E-state index contributed by atoms with van der Waals surface area (Å²) >= 11 is 0. The molecule has 0 aliphatic carbocycles. The van der Waals surface area contributed by atoms with Gasteiger partial charge in [-0.15, -0.1) is 0 Å². The van der Waals surface area contributed by atoms with E-state index < -0.39 is 0 Å². The first kappa shape index (κ1) is 39.6. The molecular formula is C58H56N4. The van der Waals surface area contributed by atoms with Crippen LogP contribution >= 0.6 is 0 Å². The number of anilines is 9. The molecule has 7 aromatic carbocycles. The van der Waals surface area contributed by atoms with Crippen LogP contribution in [-0.4, -0.2) is 0 Å². The lowest BCUT2D eigenvalue weighted by Gasteiger charge is -2.48. The number of nitriles is 1. The summed E-state index contributed by atoms with van der Waals surface area (Å²) in [4.78, 5) is 7.44. The molecule has 0 saturated heterocycles. The average molecular weight is 809 g/mol. The van der Waals surface area contributed by atoms with Crippen LogP contribution in [0.2, 0.25) is 0 Å². The fraction of sp³-hybridized carbons (Fsp3) is 0.259. The zero-order valence-corrected chi connectivity index (χ0v) is 37.8. The summed E-state index contributed by atoms with van der Waals surface area (Å²) in [6, 6.07) is 56.3. The lowest BCUT2D eigenvalue weighted by Crippen LogP contribution is -2.35. The molecule has 4 heteroatoms. The van der Waals surface area contributed by atoms with Crippen LogP contribution in [0.15, 0.2) is 146 Å². The monoisotopic (exact) mass is 808 g/mol. The first-order valence-electron chi connectivity index (χ1n) is 22.3. The first-order chi connectivity index (χ1) is 29.7. The van der Waals surface area contributed by atoms with Crippen LogP contribution in [0.5, 0.6) is 0 Å². The van der Waals surface area contributed by atoms with Crippen LogP contribution in [-0.2, 0) is 16.2 Å². The van der Waals surface area contributed by atoms with E-state index in [0.717, 1.165) is 51.2 Å². The quantitative estimate of drug-likeness (QED) is 0.173. The standard InChI is InChI=1S/C58H56N4/c1-36(2)51-52(37(3)4)55(62-49-33-21-15-27-43(49)58(9,10)44-28-16-22-34-50(44)62)54(61-47-31-19-13-25-41(47)57(7,8)42-26-14-20-32-48(42)61)38(35-59)53(51)60-45-29-17-11-23-39(45)56(5,6)40-24-12-18-30-46(40)60/h11-34,36-37H,1-10H3. The summed E-state index contributed by atoms with van der Waals surface area (Å²) in [7, 11) is 0. The Labute approximate surface area is 368 Å². The molecule has 0 unspecified atom stereocenters. The Hall–Kier alpha value is -6.57. The molecule has 0 aromatic heterocycles. The molecule has 0 atom stereocenters. The van der Waals surface area contributed by atoms with Crippen LogP contribution in [0.3, 0.4) is 0 Å². The van der Waals surface area contributed by atoms with E-state index in [0.29, 0.717) is 5.56 Å². The van der Waals surface area contributed by atoms with Gasteiger partial charge in [-0.3, -0.25) is 0 Å². The normalized spacial score (nSPS) is 16.1. The number of hydrogen-bond donors (Lipinski definition) is 0. The maximum absolute atomic E-state index is 12.4. The molecule has 3 heterocycles. The number of benzene rings is 7. The van der Waals surface area contributed by atoms with Crippen molar-refractivity contribution in [2.45, 2.75) is 97.3 Å². The molecule has 0 saturated carbocycles. The minimum Gasteiger partial charge on any atom is -0.308 e. The van der Waals surface area contributed by atoms with E-state index in [2.05, 4.69) is 236 Å². The SMILES string of the molecule is CC(C)c1c(C(C)C)c(N2c3ccccc3C(C)(C)c3ccccc32)c(N2c3ccccc3C(C)(C)c3ccccc32)c(C#N)c1N1c2ccccc2C(C)(C)c2ccccc21. The molecule has 0 radical (unpaired) electrons. The van der Waals surface area contributed by atoms with Gasteiger partial charge in [0.05, 0.1) is 51.2 Å². The highest BCUT2D eigenvalue weighted by atomic mass is 15.2. The van der Waals surface area contributed by atoms with E-state index >= 15 is 0 Å². The average Bonchev–Trinajstić information content (AvgIpc) is 3.27. The van der Waals surface area contributed by atoms with Gasteiger partial charge >= 0.3 is 0 Å². The molecule has 7 aromatic rings. The Balaban J connectivity index is 1.47. The van der Waals surface area contributed by atoms with E-state index in [1.165, 1.54) is 44.5 Å². The van der Waals surface area contributed by atoms with Gasteiger partial charge in [-0.25, -0.2) is 0 Å². The minimum absolute atomic E-state index is 0.0585. The molecule has 0 N–H and O–H groups in total. The van der Waals surface area contributed by atoms with Gasteiger partial charge in [-0.2, -0.15) is 5.26 Å². The maximum atomic E-state index is 12.4. The molecular weight excluding hydrogens is 753 g/mol. The molecule has 0 fully saturated rings. The summed E-state index contributed by atoms with van der Waals surface area (Å²) in [5.74, 6) is 0.128. The van der Waals surface area contributed by atoms with E-state index in [9.17, 15) is 5.26 Å². The Morgan fingerprint density at radius 1 is 0.355 bits per heavy atom. The molecule has 62 heavy (non-hydrogen) atoms. The van der Waals surface area contributed by atoms with Gasteiger partial charge < -0.3 is 14.7 Å². The molecule has 0 spiro atoms. The van der Waals surface area contributed by atoms with Crippen molar-refractivity contribution < 1.29 is 0 Å². The molecule has 3 aliphatic rings. The number of nitrogens with zero attached hydrogens (tertiary/aromatic N) is 4. The number of para-hydroxylation sites is 6. The molecule has 308 valence electrons. The van der Waals surface area contributed by atoms with Crippen LogP contribution < -0.4 is 14.7 Å². The van der Waals surface area contributed by atoms with Crippen molar-refractivity contribution in [3.8, 4) is 6.07 Å². The zero-order chi connectivity index (χ0) is 43.5. The predicted molar refractivity (Wildman–Crippen MR) is 260 cm³/mol. The Morgan fingerprint density at radius 2 is 0.581 bits per heavy atom. The van der Waals surface area contributed by atoms with Gasteiger partial charge in [-0.1, -0.05) is 178 Å². The van der Waals surface area contributed by atoms with Crippen LogP contribution in [0.25, 0.3) is 0 Å². The van der Waals surface area contributed by atoms with Crippen molar-refractivity contribution in [2.24, 2.45) is 0 Å². The topological polar surface area (TPSA) is 33.5 Å². The van der Waals surface area contributed by atoms with Crippen LogP contribution in [0.1, 0.15) is 131 Å². The smallest absolute Gasteiger partial charge is 0.104 e. The molecule has 4 nitrogen and oxygen atoms in total. The highest BCUT2D eigenvalue weighted by Crippen LogP contribution is 2.64. The third kappa shape index (κ3) is 5.37. The van der Waals surface area contributed by atoms with Crippen molar-refractivity contribution in [1.29, 1.82) is 5.26 Å². The van der Waals surface area contributed by atoms with Crippen molar-refractivity contribution in [3.63, 3.8) is 0 Å². The lowest BCUT2D eigenvalue weighted by molar-refractivity contribution is 0.629.